The van der Waals surface area contributed by atoms with Gasteiger partial charge >= 0.3 is 0 Å². The summed E-state index contributed by atoms with van der Waals surface area (Å²) in [6.45, 7) is 4.81. The van der Waals surface area contributed by atoms with Gasteiger partial charge in [0.15, 0.2) is 5.13 Å². The van der Waals surface area contributed by atoms with Gasteiger partial charge in [-0.25, -0.2) is 4.98 Å². The van der Waals surface area contributed by atoms with Crippen LogP contribution in [0.25, 0.3) is 10.2 Å². The maximum absolute atomic E-state index is 11.9. The largest absolute Gasteiger partial charge is 0.345 e. The van der Waals surface area contributed by atoms with Crippen LogP contribution in [-0.2, 0) is 4.79 Å². The summed E-state index contributed by atoms with van der Waals surface area (Å²) >= 11 is 1.71. The van der Waals surface area contributed by atoms with E-state index >= 15 is 0 Å². The monoisotopic (exact) mass is 290 g/mol. The number of hydrogen-bond donors (Lipinski definition) is 1. The number of piperazine rings is 1. The van der Waals surface area contributed by atoms with Gasteiger partial charge in [0.05, 0.1) is 16.3 Å². The first-order valence-corrected chi connectivity index (χ1v) is 7.61. The zero-order chi connectivity index (χ0) is 14.1. The van der Waals surface area contributed by atoms with Gasteiger partial charge in [-0.1, -0.05) is 23.5 Å². The molecule has 2 heterocycles. The molecule has 0 saturated carbocycles. The van der Waals surface area contributed by atoms with Crippen molar-refractivity contribution in [2.75, 3.05) is 31.1 Å². The van der Waals surface area contributed by atoms with E-state index in [1.165, 1.54) is 4.70 Å². The van der Waals surface area contributed by atoms with Crippen molar-refractivity contribution in [1.82, 2.24) is 9.88 Å². The van der Waals surface area contributed by atoms with Gasteiger partial charge in [-0.3, -0.25) is 4.79 Å². The van der Waals surface area contributed by atoms with E-state index in [1.807, 2.05) is 23.1 Å². The van der Waals surface area contributed by atoms with Crippen LogP contribution in [-0.4, -0.2) is 48.0 Å². The third-order valence-electron chi connectivity index (χ3n) is 3.53. The molecule has 0 spiro atoms. The molecule has 1 saturated heterocycles. The Morgan fingerprint density at radius 3 is 2.65 bits per heavy atom. The Hall–Kier alpha value is -1.66. The number of nitrogens with two attached hydrogens (primary N) is 1. The predicted octanol–water partition coefficient (Wildman–Crippen LogP) is 1.29. The van der Waals surface area contributed by atoms with Crippen LogP contribution in [0.2, 0.25) is 0 Å². The Morgan fingerprint density at radius 1 is 1.30 bits per heavy atom. The molecule has 1 aromatic carbocycles. The van der Waals surface area contributed by atoms with Crippen molar-refractivity contribution in [3.05, 3.63) is 24.3 Å². The van der Waals surface area contributed by atoms with Crippen molar-refractivity contribution in [2.24, 2.45) is 5.73 Å². The number of fused-ring (bicyclic) bond motifs is 1. The summed E-state index contributed by atoms with van der Waals surface area (Å²) in [5, 5.41) is 1.04. The first-order valence-electron chi connectivity index (χ1n) is 6.80. The molecular weight excluding hydrogens is 272 g/mol. The fourth-order valence-corrected chi connectivity index (χ4v) is 3.42. The summed E-state index contributed by atoms with van der Waals surface area (Å²) in [5.41, 5.74) is 6.69. The number of carbonyl (C=O) groups is 1. The fourth-order valence-electron chi connectivity index (χ4n) is 2.40. The Balaban J connectivity index is 1.70. The number of nitrogens with zero attached hydrogens (tertiary/aromatic N) is 3. The van der Waals surface area contributed by atoms with E-state index in [2.05, 4.69) is 16.0 Å². The highest BCUT2D eigenvalue weighted by Gasteiger charge is 2.24. The van der Waals surface area contributed by atoms with Gasteiger partial charge in [-0.15, -0.1) is 0 Å². The van der Waals surface area contributed by atoms with E-state index in [0.717, 1.165) is 36.8 Å². The Bertz CT molecular complexity index is 583. The third-order valence-corrected chi connectivity index (χ3v) is 4.63. The van der Waals surface area contributed by atoms with E-state index in [4.69, 9.17) is 5.73 Å². The quantitative estimate of drug-likeness (QED) is 0.905. The predicted molar refractivity (Wildman–Crippen MR) is 82.1 cm³/mol. The zero-order valence-electron chi connectivity index (χ0n) is 11.5. The summed E-state index contributed by atoms with van der Waals surface area (Å²) in [4.78, 5) is 20.6. The molecule has 5 nitrogen and oxygen atoms in total. The fraction of sp³-hybridized carbons (Fsp3) is 0.429. The van der Waals surface area contributed by atoms with Crippen LogP contribution in [0.4, 0.5) is 5.13 Å². The van der Waals surface area contributed by atoms with Crippen molar-refractivity contribution in [3.8, 4) is 0 Å². The van der Waals surface area contributed by atoms with Gasteiger partial charge in [0.25, 0.3) is 0 Å². The molecule has 0 bridgehead atoms. The number of benzene rings is 1. The maximum Gasteiger partial charge on any atom is 0.239 e. The molecule has 1 amide bonds. The molecule has 1 aliphatic heterocycles. The van der Waals surface area contributed by atoms with Gasteiger partial charge in [0.1, 0.15) is 0 Å². The topological polar surface area (TPSA) is 62.5 Å². The smallest absolute Gasteiger partial charge is 0.239 e. The molecule has 0 unspecified atom stereocenters. The normalized spacial score (nSPS) is 17.5. The number of hydrogen-bond acceptors (Lipinski definition) is 5. The summed E-state index contributed by atoms with van der Waals surface area (Å²) in [6.07, 6.45) is 0. The van der Waals surface area contributed by atoms with Crippen molar-refractivity contribution in [2.45, 2.75) is 13.0 Å². The van der Waals surface area contributed by atoms with Gasteiger partial charge in [-0.05, 0) is 19.1 Å². The van der Waals surface area contributed by atoms with E-state index in [-0.39, 0.29) is 5.91 Å². The molecule has 1 aliphatic rings. The highest BCUT2D eigenvalue weighted by Crippen LogP contribution is 2.29. The standard InChI is InChI=1S/C14H18N4OS/c1-10(15)13(19)17-6-8-18(9-7-17)14-16-11-4-2-3-5-12(11)20-14/h2-5,10H,6-9,15H2,1H3/t10-/m1/s1. The molecule has 106 valence electrons. The molecule has 6 heteroatoms. The second-order valence-electron chi connectivity index (χ2n) is 5.07. The molecule has 2 N–H and O–H groups in total. The molecule has 1 aromatic heterocycles. The van der Waals surface area contributed by atoms with E-state index in [1.54, 1.807) is 18.3 Å². The molecule has 2 aromatic rings. The first kappa shape index (κ1) is 13.3. The number of rotatable bonds is 2. The van der Waals surface area contributed by atoms with E-state index in [9.17, 15) is 4.79 Å². The second-order valence-corrected chi connectivity index (χ2v) is 6.07. The molecule has 1 fully saturated rings. The van der Waals surface area contributed by atoms with Gasteiger partial charge < -0.3 is 15.5 Å². The van der Waals surface area contributed by atoms with Crippen LogP contribution in [0.3, 0.4) is 0 Å². The van der Waals surface area contributed by atoms with Gasteiger partial charge in [0, 0.05) is 26.2 Å². The lowest BCUT2D eigenvalue weighted by Crippen LogP contribution is -2.52. The number of amides is 1. The Morgan fingerprint density at radius 2 is 2.00 bits per heavy atom. The SMILES string of the molecule is C[C@@H](N)C(=O)N1CCN(c2nc3ccccc3s2)CC1. The minimum atomic E-state index is -0.413. The molecule has 20 heavy (non-hydrogen) atoms. The highest BCUT2D eigenvalue weighted by molar-refractivity contribution is 7.22. The average molecular weight is 290 g/mol. The molecule has 1 atom stereocenters. The summed E-state index contributed by atoms with van der Waals surface area (Å²) in [6, 6.07) is 7.75. The molecule has 3 rings (SSSR count). The van der Waals surface area contributed by atoms with Crippen LogP contribution in [0.5, 0.6) is 0 Å². The second kappa shape index (κ2) is 5.38. The van der Waals surface area contributed by atoms with Crippen molar-refractivity contribution in [1.29, 1.82) is 0 Å². The summed E-state index contributed by atoms with van der Waals surface area (Å²) in [7, 11) is 0. The number of anilines is 1. The van der Waals surface area contributed by atoms with E-state index < -0.39 is 6.04 Å². The van der Waals surface area contributed by atoms with Crippen LogP contribution < -0.4 is 10.6 Å². The summed E-state index contributed by atoms with van der Waals surface area (Å²) in [5.74, 6) is 0.0361. The van der Waals surface area contributed by atoms with Crippen molar-refractivity contribution < 1.29 is 4.79 Å². The number of thiazole rings is 1. The summed E-state index contributed by atoms with van der Waals surface area (Å²) < 4.78 is 1.21. The van der Waals surface area contributed by atoms with Crippen LogP contribution >= 0.6 is 11.3 Å². The average Bonchev–Trinajstić information content (AvgIpc) is 2.90. The van der Waals surface area contributed by atoms with Gasteiger partial charge in [0.2, 0.25) is 5.91 Å². The highest BCUT2D eigenvalue weighted by atomic mass is 32.1. The Kier molecular flexibility index (Phi) is 3.58. The van der Waals surface area contributed by atoms with Crippen molar-refractivity contribution >= 4 is 32.6 Å². The van der Waals surface area contributed by atoms with Gasteiger partial charge in [-0.2, -0.15) is 0 Å². The molecular formula is C14H18N4OS. The third kappa shape index (κ3) is 2.48. The number of aromatic nitrogens is 1. The van der Waals surface area contributed by atoms with Crippen LogP contribution in [0.1, 0.15) is 6.92 Å². The van der Waals surface area contributed by atoms with Crippen LogP contribution in [0.15, 0.2) is 24.3 Å². The number of carbonyl (C=O) groups excluding carboxylic acids is 1. The first-order chi connectivity index (χ1) is 9.65. The lowest BCUT2D eigenvalue weighted by molar-refractivity contribution is -0.132. The minimum Gasteiger partial charge on any atom is -0.345 e. The number of para-hydroxylation sites is 1. The maximum atomic E-state index is 11.9. The lowest BCUT2D eigenvalue weighted by Gasteiger charge is -2.35. The van der Waals surface area contributed by atoms with Crippen molar-refractivity contribution in [3.63, 3.8) is 0 Å². The molecule has 0 radical (unpaired) electrons. The molecule has 0 aliphatic carbocycles. The minimum absolute atomic E-state index is 0.0361. The zero-order valence-corrected chi connectivity index (χ0v) is 12.3. The lowest BCUT2D eigenvalue weighted by atomic mass is 10.2. The van der Waals surface area contributed by atoms with E-state index in [0.29, 0.717) is 0 Å². The Labute approximate surface area is 122 Å². The van der Waals surface area contributed by atoms with Crippen LogP contribution in [0, 0.1) is 0 Å².